The first-order chi connectivity index (χ1) is 9.16. The third-order valence-corrected chi connectivity index (χ3v) is 5.67. The van der Waals surface area contributed by atoms with Crippen LogP contribution in [-0.4, -0.2) is 9.55 Å². The number of nitriles is 1. The van der Waals surface area contributed by atoms with Gasteiger partial charge in [-0.15, -0.1) is 0 Å². The Labute approximate surface area is 114 Å². The first-order valence-electron chi connectivity index (χ1n) is 7.60. The molecule has 1 aromatic rings. The second-order valence-electron chi connectivity index (χ2n) is 7.36. The summed E-state index contributed by atoms with van der Waals surface area (Å²) in [6, 6.07) is 2.25. The van der Waals surface area contributed by atoms with Crippen molar-refractivity contribution in [1.82, 2.24) is 9.55 Å². The van der Waals surface area contributed by atoms with Crippen LogP contribution in [0.25, 0.3) is 0 Å². The maximum atomic E-state index is 9.21. The minimum Gasteiger partial charge on any atom is -0.322 e. The first-order valence-corrected chi connectivity index (χ1v) is 7.60. The summed E-state index contributed by atoms with van der Waals surface area (Å²) in [5, 5.41) is 9.21. The van der Waals surface area contributed by atoms with Gasteiger partial charge in [-0.2, -0.15) is 5.26 Å². The number of rotatable bonds is 2. The summed E-state index contributed by atoms with van der Waals surface area (Å²) < 4.78 is 2.13. The summed E-state index contributed by atoms with van der Waals surface area (Å²) in [7, 11) is 0. The number of hydrogen-bond acceptors (Lipinski definition) is 2. The fraction of sp³-hybridized carbons (Fsp3) is 0.750. The molecule has 4 bridgehead atoms. The lowest BCUT2D eigenvalue weighted by molar-refractivity contribution is -0.0620. The molecule has 0 amide bonds. The molecular weight excluding hydrogens is 234 g/mol. The SMILES string of the molecule is Cc1cn(CC23CC4CC(CC(C4)C2)C3)c(C#N)n1. The van der Waals surface area contributed by atoms with Gasteiger partial charge in [-0.3, -0.25) is 0 Å². The molecule has 0 spiro atoms. The molecule has 4 saturated carbocycles. The van der Waals surface area contributed by atoms with Crippen LogP contribution in [0.4, 0.5) is 0 Å². The monoisotopic (exact) mass is 255 g/mol. The predicted molar refractivity (Wildman–Crippen MR) is 72.3 cm³/mol. The van der Waals surface area contributed by atoms with E-state index < -0.39 is 0 Å². The summed E-state index contributed by atoms with van der Waals surface area (Å²) >= 11 is 0. The molecule has 5 rings (SSSR count). The van der Waals surface area contributed by atoms with Crippen molar-refractivity contribution in [2.24, 2.45) is 23.2 Å². The standard InChI is InChI=1S/C16H21N3/c1-11-9-19(15(8-17)18-11)10-16-5-12-2-13(6-16)4-14(3-12)7-16/h9,12-14H,2-7,10H2,1H3. The van der Waals surface area contributed by atoms with Crippen LogP contribution in [-0.2, 0) is 6.54 Å². The minimum absolute atomic E-state index is 0.480. The van der Waals surface area contributed by atoms with Gasteiger partial charge >= 0.3 is 0 Å². The van der Waals surface area contributed by atoms with Gasteiger partial charge < -0.3 is 4.57 Å². The largest absolute Gasteiger partial charge is 0.322 e. The highest BCUT2D eigenvalue weighted by Gasteiger charge is 2.50. The van der Waals surface area contributed by atoms with Gasteiger partial charge in [0, 0.05) is 12.7 Å². The molecule has 0 aromatic carbocycles. The van der Waals surface area contributed by atoms with Gasteiger partial charge in [0.15, 0.2) is 0 Å². The topological polar surface area (TPSA) is 41.6 Å². The van der Waals surface area contributed by atoms with Gasteiger partial charge in [0.25, 0.3) is 0 Å². The molecule has 4 aliphatic rings. The van der Waals surface area contributed by atoms with Gasteiger partial charge in [0.05, 0.1) is 5.69 Å². The molecule has 1 heterocycles. The average molecular weight is 255 g/mol. The number of aryl methyl sites for hydroxylation is 1. The lowest BCUT2D eigenvalue weighted by Gasteiger charge is -2.57. The molecule has 0 N–H and O–H groups in total. The van der Waals surface area contributed by atoms with Crippen molar-refractivity contribution in [2.75, 3.05) is 0 Å². The quantitative estimate of drug-likeness (QED) is 0.813. The van der Waals surface area contributed by atoms with Crippen LogP contribution in [0, 0.1) is 41.4 Å². The maximum absolute atomic E-state index is 9.21. The highest BCUT2D eigenvalue weighted by atomic mass is 15.1. The van der Waals surface area contributed by atoms with Crippen molar-refractivity contribution in [3.8, 4) is 6.07 Å². The van der Waals surface area contributed by atoms with Gasteiger partial charge in [0.2, 0.25) is 5.82 Å². The Balaban J connectivity index is 1.64. The highest BCUT2D eigenvalue weighted by Crippen LogP contribution is 2.60. The van der Waals surface area contributed by atoms with E-state index in [1.807, 2.05) is 6.92 Å². The van der Waals surface area contributed by atoms with E-state index in [0.29, 0.717) is 11.2 Å². The van der Waals surface area contributed by atoms with Crippen LogP contribution in [0.15, 0.2) is 6.20 Å². The Kier molecular flexibility index (Phi) is 2.33. The molecule has 0 unspecified atom stereocenters. The van der Waals surface area contributed by atoms with Crippen molar-refractivity contribution in [2.45, 2.75) is 52.0 Å². The van der Waals surface area contributed by atoms with Crippen LogP contribution in [0.5, 0.6) is 0 Å². The van der Waals surface area contributed by atoms with Crippen molar-refractivity contribution in [3.63, 3.8) is 0 Å². The Hall–Kier alpha value is -1.30. The molecule has 1 aromatic heterocycles. The van der Waals surface area contributed by atoms with Gasteiger partial charge in [0.1, 0.15) is 6.07 Å². The Morgan fingerprint density at radius 3 is 2.37 bits per heavy atom. The van der Waals surface area contributed by atoms with E-state index in [1.165, 1.54) is 38.5 Å². The fourth-order valence-electron chi connectivity index (χ4n) is 5.60. The van der Waals surface area contributed by atoms with Crippen molar-refractivity contribution < 1.29 is 0 Å². The summed E-state index contributed by atoms with van der Waals surface area (Å²) in [5.41, 5.74) is 1.45. The average Bonchev–Trinajstić information content (AvgIpc) is 2.66. The summed E-state index contributed by atoms with van der Waals surface area (Å²) in [6.45, 7) is 3.01. The molecule has 3 heteroatoms. The zero-order valence-corrected chi connectivity index (χ0v) is 11.6. The van der Waals surface area contributed by atoms with Crippen molar-refractivity contribution in [1.29, 1.82) is 5.26 Å². The summed E-state index contributed by atoms with van der Waals surface area (Å²) in [6.07, 6.45) is 10.7. The van der Waals surface area contributed by atoms with E-state index >= 15 is 0 Å². The van der Waals surface area contributed by atoms with Crippen molar-refractivity contribution >= 4 is 0 Å². The van der Waals surface area contributed by atoms with E-state index in [0.717, 1.165) is 30.0 Å². The molecule has 0 radical (unpaired) electrons. The van der Waals surface area contributed by atoms with Crippen LogP contribution in [0.2, 0.25) is 0 Å². The highest BCUT2D eigenvalue weighted by molar-refractivity contribution is 5.16. The van der Waals surface area contributed by atoms with Gasteiger partial charge in [-0.05, 0) is 68.6 Å². The third kappa shape index (κ3) is 1.81. The summed E-state index contributed by atoms with van der Waals surface area (Å²) in [5.74, 6) is 3.53. The van der Waals surface area contributed by atoms with E-state index in [4.69, 9.17) is 0 Å². The Morgan fingerprint density at radius 1 is 1.26 bits per heavy atom. The number of imidazole rings is 1. The fourth-order valence-corrected chi connectivity index (χ4v) is 5.60. The van der Waals surface area contributed by atoms with Crippen molar-refractivity contribution in [3.05, 3.63) is 17.7 Å². The zero-order valence-electron chi connectivity index (χ0n) is 11.6. The summed E-state index contributed by atoms with van der Waals surface area (Å²) in [4.78, 5) is 4.33. The van der Waals surface area contributed by atoms with E-state index in [9.17, 15) is 5.26 Å². The Morgan fingerprint density at radius 2 is 1.84 bits per heavy atom. The number of nitrogens with zero attached hydrogens (tertiary/aromatic N) is 3. The Bertz CT molecular complexity index is 514. The van der Waals surface area contributed by atoms with E-state index in [1.54, 1.807) is 0 Å². The lowest BCUT2D eigenvalue weighted by atomic mass is 9.49. The third-order valence-electron chi connectivity index (χ3n) is 5.67. The second-order valence-corrected chi connectivity index (χ2v) is 7.36. The number of hydrogen-bond donors (Lipinski definition) is 0. The van der Waals surface area contributed by atoms with E-state index in [-0.39, 0.29) is 0 Å². The second kappa shape index (κ2) is 3.85. The smallest absolute Gasteiger partial charge is 0.212 e. The van der Waals surface area contributed by atoms with Crippen LogP contribution in [0.3, 0.4) is 0 Å². The first kappa shape index (κ1) is 11.5. The van der Waals surface area contributed by atoms with E-state index in [2.05, 4.69) is 21.8 Å². The molecular formula is C16H21N3. The molecule has 4 fully saturated rings. The maximum Gasteiger partial charge on any atom is 0.212 e. The van der Waals surface area contributed by atoms with Crippen LogP contribution < -0.4 is 0 Å². The molecule has 100 valence electrons. The minimum atomic E-state index is 0.480. The molecule has 3 nitrogen and oxygen atoms in total. The normalized spacial score (nSPS) is 39.5. The van der Waals surface area contributed by atoms with Crippen LogP contribution >= 0.6 is 0 Å². The number of aromatic nitrogens is 2. The van der Waals surface area contributed by atoms with Gasteiger partial charge in [-0.1, -0.05) is 0 Å². The predicted octanol–water partition coefficient (Wildman–Crippen LogP) is 3.28. The zero-order chi connectivity index (χ0) is 13.0. The molecule has 19 heavy (non-hydrogen) atoms. The molecule has 0 saturated heterocycles. The molecule has 4 aliphatic carbocycles. The molecule has 0 atom stereocenters. The van der Waals surface area contributed by atoms with Gasteiger partial charge in [-0.25, -0.2) is 4.98 Å². The van der Waals surface area contributed by atoms with Crippen LogP contribution in [0.1, 0.15) is 50.0 Å². The molecule has 0 aliphatic heterocycles. The lowest BCUT2D eigenvalue weighted by Crippen LogP contribution is -2.47.